The molecule has 4 rings (SSSR count). The van der Waals surface area contributed by atoms with Crippen molar-refractivity contribution in [1.82, 2.24) is 9.55 Å². The van der Waals surface area contributed by atoms with Gasteiger partial charge in [0.1, 0.15) is 11.6 Å². The second-order valence-electron chi connectivity index (χ2n) is 5.73. The van der Waals surface area contributed by atoms with Crippen LogP contribution in [0.4, 0.5) is 10.1 Å². The molecule has 0 aliphatic heterocycles. The van der Waals surface area contributed by atoms with Gasteiger partial charge in [-0.05, 0) is 49.6 Å². The van der Waals surface area contributed by atoms with Gasteiger partial charge < -0.3 is 10.3 Å². The lowest BCUT2D eigenvalue weighted by molar-refractivity contribution is 0.632. The largest absolute Gasteiger partial charge is 0.396 e. The Morgan fingerprint density at radius 3 is 2.81 bits per heavy atom. The second-order valence-corrected chi connectivity index (χ2v) is 5.73. The van der Waals surface area contributed by atoms with Crippen LogP contribution in [0.15, 0.2) is 36.4 Å². The fraction of sp³-hybridized carbons (Fsp3) is 0.235. The van der Waals surface area contributed by atoms with Gasteiger partial charge in [0.05, 0.1) is 16.7 Å². The number of nitrogen functional groups attached to an aromatic ring is 1. The van der Waals surface area contributed by atoms with E-state index < -0.39 is 5.82 Å². The minimum atomic E-state index is -0.391. The fourth-order valence-corrected chi connectivity index (χ4v) is 2.83. The summed E-state index contributed by atoms with van der Waals surface area (Å²) in [6, 6.07) is 11.6. The lowest BCUT2D eigenvalue weighted by Gasteiger charge is -2.10. The third-order valence-electron chi connectivity index (χ3n) is 4.05. The molecule has 21 heavy (non-hydrogen) atoms. The van der Waals surface area contributed by atoms with Crippen LogP contribution in [0, 0.1) is 12.7 Å². The van der Waals surface area contributed by atoms with Crippen LogP contribution in [0.2, 0.25) is 0 Å². The van der Waals surface area contributed by atoms with E-state index in [9.17, 15) is 4.39 Å². The van der Waals surface area contributed by atoms with Crippen LogP contribution < -0.4 is 5.73 Å². The molecule has 0 unspecified atom stereocenters. The summed E-state index contributed by atoms with van der Waals surface area (Å²) in [6.07, 6.45) is 2.28. The van der Waals surface area contributed by atoms with Crippen molar-refractivity contribution in [2.75, 3.05) is 5.73 Å². The predicted molar refractivity (Wildman–Crippen MR) is 82.5 cm³/mol. The van der Waals surface area contributed by atoms with E-state index in [2.05, 4.69) is 22.8 Å². The Balaban J connectivity index is 2.03. The summed E-state index contributed by atoms with van der Waals surface area (Å²) >= 11 is 0. The Labute approximate surface area is 122 Å². The maximum absolute atomic E-state index is 13.8. The molecule has 0 spiro atoms. The van der Waals surface area contributed by atoms with Crippen LogP contribution in [0.5, 0.6) is 0 Å². The minimum Gasteiger partial charge on any atom is -0.396 e. The number of imidazole rings is 1. The number of hydrogen-bond donors (Lipinski definition) is 1. The average Bonchev–Trinajstić information content (AvgIpc) is 3.23. The molecule has 0 amide bonds. The molecule has 1 aliphatic carbocycles. The van der Waals surface area contributed by atoms with Gasteiger partial charge in [-0.25, -0.2) is 9.37 Å². The standard InChI is InChI=1S/C17H16FN3/c1-10-5-8-15-14(9-10)20-17(21(15)11-6-7-11)12-3-2-4-13(18)16(12)19/h2-5,8-9,11H,6-7,19H2,1H3. The maximum Gasteiger partial charge on any atom is 0.146 e. The van der Waals surface area contributed by atoms with Gasteiger partial charge in [0, 0.05) is 11.6 Å². The van der Waals surface area contributed by atoms with Crippen LogP contribution in [-0.4, -0.2) is 9.55 Å². The zero-order valence-corrected chi connectivity index (χ0v) is 11.8. The monoisotopic (exact) mass is 281 g/mol. The topological polar surface area (TPSA) is 43.8 Å². The maximum atomic E-state index is 13.8. The number of fused-ring (bicyclic) bond motifs is 1. The molecule has 106 valence electrons. The normalized spacial score (nSPS) is 14.8. The summed E-state index contributed by atoms with van der Waals surface area (Å²) in [5.41, 5.74) is 9.99. The van der Waals surface area contributed by atoms with Gasteiger partial charge in [0.25, 0.3) is 0 Å². The number of benzene rings is 2. The van der Waals surface area contributed by atoms with Crippen molar-refractivity contribution in [3.63, 3.8) is 0 Å². The predicted octanol–water partition coefficient (Wildman–Crippen LogP) is 4.07. The van der Waals surface area contributed by atoms with Gasteiger partial charge in [0.2, 0.25) is 0 Å². The Kier molecular flexibility index (Phi) is 2.55. The molecule has 1 heterocycles. The summed E-state index contributed by atoms with van der Waals surface area (Å²) in [4.78, 5) is 4.72. The summed E-state index contributed by atoms with van der Waals surface area (Å²) in [5, 5.41) is 0. The van der Waals surface area contributed by atoms with Crippen LogP contribution in [0.25, 0.3) is 22.4 Å². The van der Waals surface area contributed by atoms with Crippen molar-refractivity contribution < 1.29 is 4.39 Å². The first-order chi connectivity index (χ1) is 10.1. The third-order valence-corrected chi connectivity index (χ3v) is 4.05. The van der Waals surface area contributed by atoms with Gasteiger partial charge >= 0.3 is 0 Å². The molecule has 3 aromatic rings. The molecule has 4 heteroatoms. The van der Waals surface area contributed by atoms with Crippen molar-refractivity contribution >= 4 is 16.7 Å². The molecule has 1 saturated carbocycles. The number of aromatic nitrogens is 2. The van der Waals surface area contributed by atoms with Crippen LogP contribution in [-0.2, 0) is 0 Å². The number of halogens is 1. The Morgan fingerprint density at radius 2 is 2.05 bits per heavy atom. The first-order valence-electron chi connectivity index (χ1n) is 7.18. The van der Waals surface area contributed by atoms with Gasteiger partial charge in [-0.3, -0.25) is 0 Å². The molecule has 2 N–H and O–H groups in total. The molecule has 3 nitrogen and oxygen atoms in total. The van der Waals surface area contributed by atoms with Crippen molar-refractivity contribution in [2.24, 2.45) is 0 Å². The Morgan fingerprint density at radius 1 is 1.24 bits per heavy atom. The van der Waals surface area contributed by atoms with E-state index in [1.165, 1.54) is 11.6 Å². The van der Waals surface area contributed by atoms with Gasteiger partial charge in [0.15, 0.2) is 0 Å². The number of nitrogens with zero attached hydrogens (tertiary/aromatic N) is 2. The molecule has 0 bridgehead atoms. The molecule has 1 fully saturated rings. The first kappa shape index (κ1) is 12.4. The second kappa shape index (κ2) is 4.32. The first-order valence-corrected chi connectivity index (χ1v) is 7.18. The van der Waals surface area contributed by atoms with E-state index in [0.29, 0.717) is 11.6 Å². The van der Waals surface area contributed by atoms with E-state index in [-0.39, 0.29) is 5.69 Å². The summed E-state index contributed by atoms with van der Waals surface area (Å²) in [6.45, 7) is 2.05. The highest BCUT2D eigenvalue weighted by Crippen LogP contribution is 2.42. The SMILES string of the molecule is Cc1ccc2c(c1)nc(-c1cccc(F)c1N)n2C1CC1. The van der Waals surface area contributed by atoms with E-state index in [1.54, 1.807) is 6.07 Å². The Bertz CT molecular complexity index is 847. The molecule has 0 saturated heterocycles. The molecule has 0 radical (unpaired) electrons. The van der Waals surface area contributed by atoms with Gasteiger partial charge in [-0.1, -0.05) is 12.1 Å². The smallest absolute Gasteiger partial charge is 0.146 e. The summed E-state index contributed by atoms with van der Waals surface area (Å²) in [7, 11) is 0. The number of para-hydroxylation sites is 1. The van der Waals surface area contributed by atoms with E-state index in [1.807, 2.05) is 13.0 Å². The molecule has 1 aromatic heterocycles. The van der Waals surface area contributed by atoms with E-state index in [4.69, 9.17) is 10.7 Å². The van der Waals surface area contributed by atoms with Gasteiger partial charge in [-0.15, -0.1) is 0 Å². The lowest BCUT2D eigenvalue weighted by atomic mass is 10.1. The molecular weight excluding hydrogens is 265 g/mol. The molecule has 2 aromatic carbocycles. The van der Waals surface area contributed by atoms with E-state index in [0.717, 1.165) is 29.7 Å². The molecular formula is C17H16FN3. The zero-order valence-electron chi connectivity index (χ0n) is 11.8. The Hall–Kier alpha value is -2.36. The third kappa shape index (κ3) is 1.90. The summed E-state index contributed by atoms with van der Waals surface area (Å²) in [5.74, 6) is 0.383. The minimum absolute atomic E-state index is 0.173. The van der Waals surface area contributed by atoms with Crippen molar-refractivity contribution in [3.8, 4) is 11.4 Å². The van der Waals surface area contributed by atoms with E-state index >= 15 is 0 Å². The van der Waals surface area contributed by atoms with Gasteiger partial charge in [-0.2, -0.15) is 0 Å². The van der Waals surface area contributed by atoms with Crippen molar-refractivity contribution in [1.29, 1.82) is 0 Å². The number of anilines is 1. The van der Waals surface area contributed by atoms with Crippen LogP contribution >= 0.6 is 0 Å². The highest BCUT2D eigenvalue weighted by molar-refractivity contribution is 5.84. The van der Waals surface area contributed by atoms with Crippen LogP contribution in [0.1, 0.15) is 24.4 Å². The quantitative estimate of drug-likeness (QED) is 0.720. The number of rotatable bonds is 2. The highest BCUT2D eigenvalue weighted by Gasteiger charge is 2.29. The fourth-order valence-electron chi connectivity index (χ4n) is 2.83. The van der Waals surface area contributed by atoms with Crippen molar-refractivity contribution in [2.45, 2.75) is 25.8 Å². The lowest BCUT2D eigenvalue weighted by Crippen LogP contribution is -2.01. The molecule has 0 atom stereocenters. The zero-order chi connectivity index (χ0) is 14.6. The number of hydrogen-bond acceptors (Lipinski definition) is 2. The average molecular weight is 281 g/mol. The van der Waals surface area contributed by atoms with Crippen molar-refractivity contribution in [3.05, 3.63) is 47.8 Å². The highest BCUT2D eigenvalue weighted by atomic mass is 19.1. The number of aryl methyl sites for hydroxylation is 1. The van der Waals surface area contributed by atoms with Crippen LogP contribution in [0.3, 0.4) is 0 Å². The number of nitrogens with two attached hydrogens (primary N) is 1. The molecule has 1 aliphatic rings. The summed E-state index contributed by atoms with van der Waals surface area (Å²) < 4.78 is 16.0.